The number of ether oxygens (including phenoxy) is 1. The van der Waals surface area contributed by atoms with Crippen LogP contribution in [0.3, 0.4) is 0 Å². The number of rotatable bonds is 8. The van der Waals surface area contributed by atoms with Gasteiger partial charge in [0.25, 0.3) is 0 Å². The van der Waals surface area contributed by atoms with Crippen LogP contribution in [0.4, 0.5) is 5.88 Å². The van der Waals surface area contributed by atoms with Crippen molar-refractivity contribution in [3.8, 4) is 0 Å². The third-order valence-corrected chi connectivity index (χ3v) is 2.09. The lowest BCUT2D eigenvalue weighted by atomic mass is 10.3. The molecule has 6 heteroatoms. The predicted molar refractivity (Wildman–Crippen MR) is 62.8 cm³/mol. The van der Waals surface area contributed by atoms with E-state index in [1.54, 1.807) is 6.07 Å². The van der Waals surface area contributed by atoms with E-state index in [9.17, 15) is 10.1 Å². The molecular formula is C11H18N2O4. The molecule has 17 heavy (non-hydrogen) atoms. The molecule has 1 N–H and O–H groups in total. The minimum absolute atomic E-state index is 0.245. The van der Waals surface area contributed by atoms with Crippen molar-refractivity contribution < 1.29 is 14.1 Å². The number of hydrogen-bond donors (Lipinski definition) is 1. The first-order valence-electron chi connectivity index (χ1n) is 5.64. The molecule has 0 amide bonds. The number of nitro groups is 1. The predicted octanol–water partition coefficient (Wildman–Crippen LogP) is 2.09. The first kappa shape index (κ1) is 13.7. The standard InChI is InChI=1S/C11H18N2O4/c1-9(2)12-6-3-7-16-8-10-4-5-11(17-10)13(14)15/h4-5,9,12H,3,6-8H2,1-2H3. The van der Waals surface area contributed by atoms with Crippen LogP contribution in [0.15, 0.2) is 16.5 Å². The fourth-order valence-electron chi connectivity index (χ4n) is 1.28. The van der Waals surface area contributed by atoms with Crippen LogP contribution in [0.1, 0.15) is 26.0 Å². The molecule has 6 nitrogen and oxygen atoms in total. The molecule has 1 aromatic rings. The van der Waals surface area contributed by atoms with Gasteiger partial charge in [-0.25, -0.2) is 0 Å². The SMILES string of the molecule is CC(C)NCCCOCc1ccc([N+](=O)[O-])o1. The Balaban J connectivity index is 2.11. The summed E-state index contributed by atoms with van der Waals surface area (Å²) in [7, 11) is 0. The largest absolute Gasteiger partial charge is 0.433 e. The highest BCUT2D eigenvalue weighted by molar-refractivity contribution is 5.17. The second kappa shape index (κ2) is 7.03. The maximum absolute atomic E-state index is 10.4. The van der Waals surface area contributed by atoms with Crippen molar-refractivity contribution in [2.45, 2.75) is 32.9 Å². The zero-order valence-corrected chi connectivity index (χ0v) is 10.1. The Morgan fingerprint density at radius 1 is 1.53 bits per heavy atom. The van der Waals surface area contributed by atoms with E-state index in [0.29, 0.717) is 18.4 Å². The summed E-state index contributed by atoms with van der Waals surface area (Å²) >= 11 is 0. The van der Waals surface area contributed by atoms with Gasteiger partial charge >= 0.3 is 5.88 Å². The minimum Gasteiger partial charge on any atom is -0.403 e. The third kappa shape index (κ3) is 5.46. The van der Waals surface area contributed by atoms with Crippen LogP contribution in [0, 0.1) is 10.1 Å². The maximum Gasteiger partial charge on any atom is 0.433 e. The highest BCUT2D eigenvalue weighted by Crippen LogP contribution is 2.16. The van der Waals surface area contributed by atoms with Gasteiger partial charge in [0, 0.05) is 12.6 Å². The van der Waals surface area contributed by atoms with E-state index in [1.807, 2.05) is 0 Å². The van der Waals surface area contributed by atoms with Gasteiger partial charge in [0.2, 0.25) is 0 Å². The molecule has 0 radical (unpaired) electrons. The summed E-state index contributed by atoms with van der Waals surface area (Å²) in [4.78, 5) is 9.80. The summed E-state index contributed by atoms with van der Waals surface area (Å²) < 4.78 is 10.3. The maximum atomic E-state index is 10.4. The highest BCUT2D eigenvalue weighted by atomic mass is 16.6. The Morgan fingerprint density at radius 2 is 2.29 bits per heavy atom. The fourth-order valence-corrected chi connectivity index (χ4v) is 1.28. The quantitative estimate of drug-likeness (QED) is 0.429. The lowest BCUT2D eigenvalue weighted by molar-refractivity contribution is -0.402. The molecule has 1 aromatic heterocycles. The molecule has 1 heterocycles. The van der Waals surface area contributed by atoms with Crippen LogP contribution in [0.25, 0.3) is 0 Å². The number of nitrogens with one attached hydrogen (secondary N) is 1. The summed E-state index contributed by atoms with van der Waals surface area (Å²) in [6.45, 7) is 5.95. The summed E-state index contributed by atoms with van der Waals surface area (Å²) in [6.07, 6.45) is 0.904. The van der Waals surface area contributed by atoms with Gasteiger partial charge in [-0.15, -0.1) is 0 Å². The fraction of sp³-hybridized carbons (Fsp3) is 0.636. The van der Waals surface area contributed by atoms with Gasteiger partial charge in [0.1, 0.15) is 17.3 Å². The molecule has 0 aliphatic carbocycles. The van der Waals surface area contributed by atoms with Crippen LogP contribution in [0.5, 0.6) is 0 Å². The summed E-state index contributed by atoms with van der Waals surface area (Å²) in [5.41, 5.74) is 0. The van der Waals surface area contributed by atoms with E-state index in [2.05, 4.69) is 19.2 Å². The molecule has 0 unspecified atom stereocenters. The minimum atomic E-state index is -0.559. The van der Waals surface area contributed by atoms with Gasteiger partial charge in [0.05, 0.1) is 6.07 Å². The Kier molecular flexibility index (Phi) is 5.65. The van der Waals surface area contributed by atoms with Crippen molar-refractivity contribution in [2.75, 3.05) is 13.2 Å². The molecule has 0 saturated heterocycles. The molecule has 0 bridgehead atoms. The average molecular weight is 242 g/mol. The molecule has 0 aliphatic heterocycles. The van der Waals surface area contributed by atoms with E-state index in [1.165, 1.54) is 6.07 Å². The number of hydrogen-bond acceptors (Lipinski definition) is 5. The van der Waals surface area contributed by atoms with Gasteiger partial charge in [-0.05, 0) is 19.0 Å². The van der Waals surface area contributed by atoms with Crippen LogP contribution < -0.4 is 5.32 Å². The van der Waals surface area contributed by atoms with E-state index < -0.39 is 4.92 Å². The smallest absolute Gasteiger partial charge is 0.403 e. The molecule has 0 spiro atoms. The molecule has 0 aliphatic rings. The van der Waals surface area contributed by atoms with Gasteiger partial charge in [0.15, 0.2) is 0 Å². The van der Waals surface area contributed by atoms with Crippen molar-refractivity contribution in [1.29, 1.82) is 0 Å². The Morgan fingerprint density at radius 3 is 2.88 bits per heavy atom. The van der Waals surface area contributed by atoms with Crippen LogP contribution in [-0.2, 0) is 11.3 Å². The number of nitrogens with zero attached hydrogens (tertiary/aromatic N) is 1. The van der Waals surface area contributed by atoms with E-state index >= 15 is 0 Å². The molecule has 0 aromatic carbocycles. The zero-order chi connectivity index (χ0) is 12.7. The van der Waals surface area contributed by atoms with Crippen molar-refractivity contribution in [1.82, 2.24) is 5.32 Å². The lowest BCUT2D eigenvalue weighted by Gasteiger charge is -2.07. The zero-order valence-electron chi connectivity index (χ0n) is 10.1. The van der Waals surface area contributed by atoms with E-state index in [0.717, 1.165) is 13.0 Å². The van der Waals surface area contributed by atoms with Gasteiger partial charge in [-0.2, -0.15) is 0 Å². The van der Waals surface area contributed by atoms with Crippen LogP contribution in [-0.4, -0.2) is 24.1 Å². The van der Waals surface area contributed by atoms with Crippen molar-refractivity contribution in [3.05, 3.63) is 28.0 Å². The lowest BCUT2D eigenvalue weighted by Crippen LogP contribution is -2.24. The van der Waals surface area contributed by atoms with Crippen molar-refractivity contribution >= 4 is 5.88 Å². The van der Waals surface area contributed by atoms with Gasteiger partial charge in [-0.1, -0.05) is 13.8 Å². The normalized spacial score (nSPS) is 11.0. The molecule has 0 atom stereocenters. The summed E-state index contributed by atoms with van der Waals surface area (Å²) in [6, 6.07) is 3.37. The Hall–Kier alpha value is -1.40. The van der Waals surface area contributed by atoms with Crippen LogP contribution in [0.2, 0.25) is 0 Å². The molecule has 96 valence electrons. The first-order chi connectivity index (χ1) is 8.09. The average Bonchev–Trinajstić information content (AvgIpc) is 2.71. The second-order valence-electron chi connectivity index (χ2n) is 4.01. The van der Waals surface area contributed by atoms with Crippen molar-refractivity contribution in [3.63, 3.8) is 0 Å². The first-order valence-corrected chi connectivity index (χ1v) is 5.64. The summed E-state index contributed by atoms with van der Waals surface area (Å²) in [5, 5.41) is 13.6. The Bertz CT molecular complexity index is 349. The van der Waals surface area contributed by atoms with Crippen LogP contribution >= 0.6 is 0 Å². The highest BCUT2D eigenvalue weighted by Gasteiger charge is 2.11. The van der Waals surface area contributed by atoms with Gasteiger partial charge in [-0.3, -0.25) is 10.1 Å². The topological polar surface area (TPSA) is 77.5 Å². The Labute approximate surface area is 100 Å². The van der Waals surface area contributed by atoms with E-state index in [4.69, 9.17) is 9.15 Å². The molecular weight excluding hydrogens is 224 g/mol. The van der Waals surface area contributed by atoms with E-state index in [-0.39, 0.29) is 12.5 Å². The van der Waals surface area contributed by atoms with Gasteiger partial charge < -0.3 is 14.5 Å². The monoisotopic (exact) mass is 242 g/mol. The third-order valence-electron chi connectivity index (χ3n) is 2.09. The second-order valence-corrected chi connectivity index (χ2v) is 4.01. The molecule has 0 saturated carbocycles. The number of furan rings is 1. The summed E-state index contributed by atoms with van der Waals surface area (Å²) in [5.74, 6) is 0.235. The van der Waals surface area contributed by atoms with Crippen molar-refractivity contribution in [2.24, 2.45) is 0 Å². The molecule has 1 rings (SSSR count). The molecule has 0 fully saturated rings.